The molecule has 4 aromatic rings. The Labute approximate surface area is 280 Å². The Hall–Kier alpha value is -4.05. The van der Waals surface area contributed by atoms with Gasteiger partial charge in [-0.25, -0.2) is 8.42 Å². The van der Waals surface area contributed by atoms with Crippen LogP contribution in [-0.2, 0) is 32.6 Å². The molecule has 46 heavy (non-hydrogen) atoms. The first kappa shape index (κ1) is 34.8. The number of sulfonamides is 1. The number of halogens is 2. The quantitative estimate of drug-likeness (QED) is 0.178. The molecule has 8 nitrogen and oxygen atoms in total. The SMILES string of the molecule is COc1ccc(N(CC(=O)N(Cc2ccc(Cl)cc2Cl)[C@H](Cc2ccccc2)C(=O)NC(C)(C)C)S(=O)(=O)c2ccccc2)cc1. The smallest absolute Gasteiger partial charge is 0.264 e. The lowest BCUT2D eigenvalue weighted by Crippen LogP contribution is -2.56. The monoisotopic (exact) mass is 681 g/mol. The lowest BCUT2D eigenvalue weighted by atomic mass is 10.0. The summed E-state index contributed by atoms with van der Waals surface area (Å²) in [4.78, 5) is 29.9. The van der Waals surface area contributed by atoms with Crippen molar-refractivity contribution in [2.45, 2.75) is 50.2 Å². The molecule has 4 aromatic carbocycles. The molecule has 0 fully saturated rings. The first-order valence-electron chi connectivity index (χ1n) is 14.6. The van der Waals surface area contributed by atoms with Crippen molar-refractivity contribution < 1.29 is 22.7 Å². The second-order valence-electron chi connectivity index (χ2n) is 11.7. The number of methoxy groups -OCH3 is 1. The lowest BCUT2D eigenvalue weighted by Gasteiger charge is -2.35. The predicted molar refractivity (Wildman–Crippen MR) is 183 cm³/mol. The Morgan fingerprint density at radius 2 is 1.48 bits per heavy atom. The van der Waals surface area contributed by atoms with E-state index in [1.54, 1.807) is 60.7 Å². The maximum absolute atomic E-state index is 14.6. The highest BCUT2D eigenvalue weighted by Crippen LogP contribution is 2.28. The van der Waals surface area contributed by atoms with Crippen LogP contribution >= 0.6 is 23.2 Å². The fourth-order valence-electron chi connectivity index (χ4n) is 4.84. The van der Waals surface area contributed by atoms with Crippen molar-refractivity contribution in [3.05, 3.63) is 124 Å². The number of ether oxygens (including phenoxy) is 1. The fraction of sp³-hybridized carbons (Fsp3) is 0.257. The number of hydrogen-bond donors (Lipinski definition) is 1. The third-order valence-corrected chi connectivity index (χ3v) is 9.47. The maximum Gasteiger partial charge on any atom is 0.264 e. The first-order chi connectivity index (χ1) is 21.8. The van der Waals surface area contributed by atoms with Gasteiger partial charge in [-0.15, -0.1) is 0 Å². The zero-order chi connectivity index (χ0) is 33.5. The number of amides is 2. The minimum Gasteiger partial charge on any atom is -0.497 e. The van der Waals surface area contributed by atoms with Crippen LogP contribution in [0.15, 0.2) is 108 Å². The molecule has 1 N–H and O–H groups in total. The summed E-state index contributed by atoms with van der Waals surface area (Å²) in [5.74, 6) is -0.476. The van der Waals surface area contributed by atoms with E-state index in [-0.39, 0.29) is 23.5 Å². The Morgan fingerprint density at radius 3 is 2.04 bits per heavy atom. The molecule has 2 amide bonds. The van der Waals surface area contributed by atoms with Crippen LogP contribution in [0.3, 0.4) is 0 Å². The third-order valence-electron chi connectivity index (χ3n) is 7.10. The van der Waals surface area contributed by atoms with Crippen LogP contribution < -0.4 is 14.4 Å². The van der Waals surface area contributed by atoms with Gasteiger partial charge in [-0.1, -0.05) is 77.8 Å². The van der Waals surface area contributed by atoms with Gasteiger partial charge >= 0.3 is 0 Å². The van der Waals surface area contributed by atoms with E-state index in [4.69, 9.17) is 27.9 Å². The average Bonchev–Trinajstić information content (AvgIpc) is 3.02. The van der Waals surface area contributed by atoms with Crippen molar-refractivity contribution in [1.29, 1.82) is 0 Å². The summed E-state index contributed by atoms with van der Waals surface area (Å²) in [5.41, 5.74) is 1.01. The van der Waals surface area contributed by atoms with E-state index in [2.05, 4.69) is 5.32 Å². The number of carbonyl (C=O) groups excluding carboxylic acids is 2. The molecule has 0 aromatic heterocycles. The number of benzene rings is 4. The number of nitrogens with one attached hydrogen (secondary N) is 1. The number of nitrogens with zero attached hydrogens (tertiary/aromatic N) is 2. The normalized spacial score (nSPS) is 12.2. The average molecular weight is 683 g/mol. The molecule has 0 saturated carbocycles. The van der Waals surface area contributed by atoms with Gasteiger partial charge in [0.1, 0.15) is 18.3 Å². The molecule has 0 heterocycles. The fourth-order valence-corrected chi connectivity index (χ4v) is 6.74. The molecule has 11 heteroatoms. The van der Waals surface area contributed by atoms with E-state index >= 15 is 0 Å². The molecule has 0 aliphatic heterocycles. The summed E-state index contributed by atoms with van der Waals surface area (Å²) in [6.07, 6.45) is 0.174. The summed E-state index contributed by atoms with van der Waals surface area (Å²) in [5, 5.41) is 3.73. The number of hydrogen-bond acceptors (Lipinski definition) is 5. The second-order valence-corrected chi connectivity index (χ2v) is 14.4. The Balaban J connectivity index is 1.83. The van der Waals surface area contributed by atoms with Crippen molar-refractivity contribution in [3.63, 3.8) is 0 Å². The van der Waals surface area contributed by atoms with Gasteiger partial charge in [0.15, 0.2) is 0 Å². The summed E-state index contributed by atoms with van der Waals surface area (Å²) in [6, 6.07) is 27.5. The minimum absolute atomic E-state index is 0.0113. The topological polar surface area (TPSA) is 96.0 Å². The van der Waals surface area contributed by atoms with Crippen molar-refractivity contribution in [3.8, 4) is 5.75 Å². The Bertz CT molecular complexity index is 1750. The van der Waals surface area contributed by atoms with E-state index < -0.39 is 40.0 Å². The van der Waals surface area contributed by atoms with Crippen LogP contribution in [0.5, 0.6) is 5.75 Å². The summed E-state index contributed by atoms with van der Waals surface area (Å²) in [7, 11) is -2.72. The summed E-state index contributed by atoms with van der Waals surface area (Å²) in [6.45, 7) is 4.88. The zero-order valence-corrected chi connectivity index (χ0v) is 28.4. The molecular formula is C35H37Cl2N3O5S. The van der Waals surface area contributed by atoms with E-state index in [1.807, 2.05) is 51.1 Å². The van der Waals surface area contributed by atoms with Crippen LogP contribution in [-0.4, -0.2) is 50.4 Å². The van der Waals surface area contributed by atoms with E-state index in [0.29, 0.717) is 21.4 Å². The van der Waals surface area contributed by atoms with Crippen LogP contribution in [0.1, 0.15) is 31.9 Å². The number of anilines is 1. The van der Waals surface area contributed by atoms with Gasteiger partial charge in [-0.05, 0) is 80.4 Å². The molecule has 0 aliphatic carbocycles. The van der Waals surface area contributed by atoms with Crippen molar-refractivity contribution in [1.82, 2.24) is 10.2 Å². The minimum atomic E-state index is -4.22. The number of carbonyl (C=O) groups is 2. The Morgan fingerprint density at radius 1 is 0.870 bits per heavy atom. The molecule has 0 bridgehead atoms. The molecule has 0 saturated heterocycles. The molecule has 1 atom stereocenters. The molecule has 0 spiro atoms. The largest absolute Gasteiger partial charge is 0.497 e. The highest BCUT2D eigenvalue weighted by molar-refractivity contribution is 7.92. The van der Waals surface area contributed by atoms with Crippen molar-refractivity contribution >= 4 is 50.7 Å². The van der Waals surface area contributed by atoms with Gasteiger partial charge in [-0.2, -0.15) is 0 Å². The highest BCUT2D eigenvalue weighted by atomic mass is 35.5. The van der Waals surface area contributed by atoms with Crippen LogP contribution in [0.25, 0.3) is 0 Å². The number of rotatable bonds is 12. The molecular weight excluding hydrogens is 645 g/mol. The standard InChI is InChI=1S/C35H37Cl2N3O5S/c1-35(2,3)38-34(42)32(21-25-11-7-5-8-12-25)39(23-26-15-16-27(36)22-31(26)37)33(41)24-40(28-17-19-29(45-4)20-18-28)46(43,44)30-13-9-6-10-14-30/h5-20,22,32H,21,23-24H2,1-4H3,(H,38,42)/t32-/m1/s1. The van der Waals surface area contributed by atoms with Gasteiger partial charge in [0.25, 0.3) is 10.0 Å². The van der Waals surface area contributed by atoms with Crippen molar-refractivity contribution in [2.24, 2.45) is 0 Å². The van der Waals surface area contributed by atoms with Crippen molar-refractivity contribution in [2.75, 3.05) is 18.0 Å². The molecule has 0 radical (unpaired) electrons. The highest BCUT2D eigenvalue weighted by Gasteiger charge is 2.36. The maximum atomic E-state index is 14.6. The predicted octanol–water partition coefficient (Wildman–Crippen LogP) is 6.75. The van der Waals surface area contributed by atoms with E-state index in [1.165, 1.54) is 24.1 Å². The lowest BCUT2D eigenvalue weighted by molar-refractivity contribution is -0.140. The van der Waals surface area contributed by atoms with Crippen LogP contribution in [0.2, 0.25) is 10.0 Å². The third kappa shape index (κ3) is 9.02. The zero-order valence-electron chi connectivity index (χ0n) is 26.1. The molecule has 0 unspecified atom stereocenters. The van der Waals surface area contributed by atoms with E-state index in [9.17, 15) is 18.0 Å². The van der Waals surface area contributed by atoms with Gasteiger partial charge in [-0.3, -0.25) is 13.9 Å². The molecule has 4 rings (SSSR count). The Kier molecular flexibility index (Phi) is 11.4. The molecule has 0 aliphatic rings. The van der Waals surface area contributed by atoms with Crippen LogP contribution in [0.4, 0.5) is 5.69 Å². The van der Waals surface area contributed by atoms with Gasteiger partial charge in [0.05, 0.1) is 17.7 Å². The summed E-state index contributed by atoms with van der Waals surface area (Å²) < 4.78 is 34.5. The van der Waals surface area contributed by atoms with Crippen LogP contribution in [0, 0.1) is 0 Å². The van der Waals surface area contributed by atoms with Gasteiger partial charge in [0, 0.05) is 28.5 Å². The first-order valence-corrected chi connectivity index (χ1v) is 16.8. The summed E-state index contributed by atoms with van der Waals surface area (Å²) >= 11 is 12.7. The van der Waals surface area contributed by atoms with Gasteiger partial charge < -0.3 is 15.0 Å². The molecule has 242 valence electrons. The van der Waals surface area contributed by atoms with Gasteiger partial charge in [0.2, 0.25) is 11.8 Å². The van der Waals surface area contributed by atoms with E-state index in [0.717, 1.165) is 9.87 Å². The second kappa shape index (κ2) is 15.0.